The molecule has 1 aromatic carbocycles. The summed E-state index contributed by atoms with van der Waals surface area (Å²) < 4.78 is 0. The van der Waals surface area contributed by atoms with Gasteiger partial charge in [0.15, 0.2) is 0 Å². The quantitative estimate of drug-likeness (QED) is 0.354. The van der Waals surface area contributed by atoms with Gasteiger partial charge in [-0.15, -0.1) is 11.8 Å². The van der Waals surface area contributed by atoms with Crippen molar-refractivity contribution >= 4 is 30.0 Å². The van der Waals surface area contributed by atoms with E-state index in [1.807, 2.05) is 0 Å². The van der Waals surface area contributed by atoms with Crippen LogP contribution in [0.5, 0.6) is 11.5 Å². The van der Waals surface area contributed by atoms with E-state index in [4.69, 9.17) is 10.8 Å². The summed E-state index contributed by atoms with van der Waals surface area (Å²) >= 11 is 1.22. The van der Waals surface area contributed by atoms with E-state index in [1.54, 1.807) is 26.5 Å². The lowest BCUT2D eigenvalue weighted by atomic mass is 9.96. The predicted molar refractivity (Wildman–Crippen MR) is 108 cm³/mol. The van der Waals surface area contributed by atoms with E-state index in [1.165, 1.54) is 30.0 Å². The number of hydrogen-bond acceptors (Lipinski definition) is 9. The molecule has 0 saturated heterocycles. The number of nitrogens with zero attached hydrogens (tertiary/aromatic N) is 3. The SMILES string of the molecule is CN=Cc1c(N)nc(SCC(O)CO)c(C=NC)c1-c1cc(O)cc(O)c1. The molecule has 0 aliphatic heterocycles. The van der Waals surface area contributed by atoms with Crippen LogP contribution < -0.4 is 5.73 Å². The number of benzene rings is 1. The molecule has 6 N–H and O–H groups in total. The zero-order valence-electron chi connectivity index (χ0n) is 15.0. The number of thioether (sulfide) groups is 1. The number of phenolic OH excluding ortho intramolecular Hbond substituents is 2. The molecular formula is C18H22N4O4S. The van der Waals surface area contributed by atoms with Gasteiger partial charge in [-0.2, -0.15) is 0 Å². The monoisotopic (exact) mass is 390 g/mol. The number of aromatic hydroxyl groups is 2. The third-order valence-electron chi connectivity index (χ3n) is 3.60. The summed E-state index contributed by atoms with van der Waals surface area (Å²) in [5.74, 6) is 0.195. The minimum Gasteiger partial charge on any atom is -0.508 e. The van der Waals surface area contributed by atoms with Crippen molar-refractivity contribution in [3.63, 3.8) is 0 Å². The number of phenols is 2. The molecule has 2 rings (SSSR count). The van der Waals surface area contributed by atoms with Gasteiger partial charge in [-0.1, -0.05) is 0 Å². The number of nitrogens with two attached hydrogens (primary N) is 1. The minimum absolute atomic E-state index is 0.107. The van der Waals surface area contributed by atoms with Gasteiger partial charge in [0, 0.05) is 55.0 Å². The Labute approximate surface area is 161 Å². The van der Waals surface area contributed by atoms with Gasteiger partial charge in [0.2, 0.25) is 0 Å². The summed E-state index contributed by atoms with van der Waals surface area (Å²) in [5.41, 5.74) is 8.34. The van der Waals surface area contributed by atoms with E-state index >= 15 is 0 Å². The highest BCUT2D eigenvalue weighted by molar-refractivity contribution is 7.99. The van der Waals surface area contributed by atoms with E-state index in [2.05, 4.69) is 15.0 Å². The number of pyridine rings is 1. The van der Waals surface area contributed by atoms with Crippen LogP contribution in [0.4, 0.5) is 5.82 Å². The molecule has 9 heteroatoms. The van der Waals surface area contributed by atoms with E-state index < -0.39 is 6.10 Å². The Morgan fingerprint density at radius 1 is 1.11 bits per heavy atom. The summed E-state index contributed by atoms with van der Waals surface area (Å²) in [6, 6.07) is 4.21. The lowest BCUT2D eigenvalue weighted by molar-refractivity contribution is 0.113. The molecular weight excluding hydrogens is 368 g/mol. The molecule has 144 valence electrons. The van der Waals surface area contributed by atoms with Crippen LogP contribution in [0.25, 0.3) is 11.1 Å². The normalized spacial score (nSPS) is 12.9. The molecule has 0 saturated carbocycles. The molecule has 0 radical (unpaired) electrons. The fourth-order valence-electron chi connectivity index (χ4n) is 2.51. The van der Waals surface area contributed by atoms with Crippen molar-refractivity contribution in [1.82, 2.24) is 4.98 Å². The summed E-state index contributed by atoms with van der Waals surface area (Å²) in [6.45, 7) is -0.368. The molecule has 27 heavy (non-hydrogen) atoms. The number of nitrogen functional groups attached to an aromatic ring is 1. The predicted octanol–water partition coefficient (Wildman–Crippen LogP) is 1.28. The Hall–Kier alpha value is -2.62. The highest BCUT2D eigenvalue weighted by Crippen LogP contribution is 2.37. The molecule has 1 unspecified atom stereocenters. The van der Waals surface area contributed by atoms with Crippen LogP contribution in [0.15, 0.2) is 33.2 Å². The third kappa shape index (κ3) is 4.97. The first kappa shape index (κ1) is 20.7. The topological polar surface area (TPSA) is 145 Å². The molecule has 0 spiro atoms. The third-order valence-corrected chi connectivity index (χ3v) is 4.73. The number of aromatic nitrogens is 1. The van der Waals surface area contributed by atoms with Gasteiger partial charge in [0.25, 0.3) is 0 Å². The number of aliphatic hydroxyl groups is 2. The highest BCUT2D eigenvalue weighted by atomic mass is 32.2. The maximum atomic E-state index is 9.90. The Kier molecular flexibility index (Phi) is 7.17. The summed E-state index contributed by atoms with van der Waals surface area (Å²) in [5, 5.41) is 39.0. The van der Waals surface area contributed by atoms with Crippen LogP contribution in [0, 0.1) is 0 Å². The molecule has 0 aliphatic carbocycles. The first-order valence-corrected chi connectivity index (χ1v) is 9.02. The highest BCUT2D eigenvalue weighted by Gasteiger charge is 2.20. The summed E-state index contributed by atoms with van der Waals surface area (Å²) in [4.78, 5) is 12.5. The van der Waals surface area contributed by atoms with Crippen LogP contribution in [0.2, 0.25) is 0 Å². The number of anilines is 1. The number of rotatable bonds is 7. The average molecular weight is 390 g/mol. The molecule has 0 aliphatic rings. The molecule has 1 atom stereocenters. The Balaban J connectivity index is 2.77. The van der Waals surface area contributed by atoms with E-state index in [0.29, 0.717) is 27.3 Å². The van der Waals surface area contributed by atoms with Gasteiger partial charge < -0.3 is 26.2 Å². The zero-order chi connectivity index (χ0) is 20.0. The molecule has 0 fully saturated rings. The second kappa shape index (κ2) is 9.36. The minimum atomic E-state index is -0.908. The van der Waals surface area contributed by atoms with Crippen molar-refractivity contribution in [3.05, 3.63) is 29.3 Å². The maximum absolute atomic E-state index is 9.90. The first-order chi connectivity index (χ1) is 12.9. The largest absolute Gasteiger partial charge is 0.508 e. The van der Waals surface area contributed by atoms with Crippen molar-refractivity contribution in [3.8, 4) is 22.6 Å². The van der Waals surface area contributed by atoms with Crippen molar-refractivity contribution < 1.29 is 20.4 Å². The lowest BCUT2D eigenvalue weighted by Gasteiger charge is -2.17. The van der Waals surface area contributed by atoms with Gasteiger partial charge in [-0.25, -0.2) is 4.98 Å². The van der Waals surface area contributed by atoms with Crippen LogP contribution in [0.3, 0.4) is 0 Å². The van der Waals surface area contributed by atoms with Crippen molar-refractivity contribution in [2.45, 2.75) is 11.1 Å². The van der Waals surface area contributed by atoms with Gasteiger partial charge in [0.1, 0.15) is 22.3 Å². The van der Waals surface area contributed by atoms with Gasteiger partial charge in [0.05, 0.1) is 12.7 Å². The van der Waals surface area contributed by atoms with Crippen molar-refractivity contribution in [2.24, 2.45) is 9.98 Å². The van der Waals surface area contributed by atoms with Crippen LogP contribution in [0.1, 0.15) is 11.1 Å². The second-order valence-corrected chi connectivity index (χ2v) is 6.67. The van der Waals surface area contributed by atoms with Crippen molar-refractivity contribution in [2.75, 3.05) is 32.2 Å². The molecule has 8 nitrogen and oxygen atoms in total. The fraction of sp³-hybridized carbons (Fsp3) is 0.278. The standard InChI is InChI=1S/C18H22N4O4S/c1-20-6-14-16(10-3-11(24)5-12(25)4-10)15(7-21-2)18(22-17(14)19)27-9-13(26)8-23/h3-7,13,23-26H,8-9H2,1-2H3,(H2,19,22). The summed E-state index contributed by atoms with van der Waals surface area (Å²) in [7, 11) is 3.20. The Bertz CT molecular complexity index is 851. The van der Waals surface area contributed by atoms with Crippen LogP contribution in [-0.4, -0.2) is 70.4 Å². The maximum Gasteiger partial charge on any atom is 0.134 e. The van der Waals surface area contributed by atoms with E-state index in [0.717, 1.165) is 0 Å². The second-order valence-electron chi connectivity index (χ2n) is 5.66. The zero-order valence-corrected chi connectivity index (χ0v) is 15.8. The van der Waals surface area contributed by atoms with E-state index in [-0.39, 0.29) is 29.7 Å². The fourth-order valence-corrected chi connectivity index (χ4v) is 3.44. The average Bonchev–Trinajstić information content (AvgIpc) is 2.62. The molecule has 0 bridgehead atoms. The molecule has 2 aromatic rings. The Morgan fingerprint density at radius 2 is 1.70 bits per heavy atom. The number of aliphatic hydroxyl groups excluding tert-OH is 2. The Morgan fingerprint density at radius 3 is 2.26 bits per heavy atom. The van der Waals surface area contributed by atoms with Crippen LogP contribution in [-0.2, 0) is 0 Å². The first-order valence-electron chi connectivity index (χ1n) is 8.04. The molecule has 1 heterocycles. The number of aliphatic imine (C=N–C) groups is 2. The lowest BCUT2D eigenvalue weighted by Crippen LogP contribution is -2.15. The van der Waals surface area contributed by atoms with Gasteiger partial charge >= 0.3 is 0 Å². The van der Waals surface area contributed by atoms with Crippen LogP contribution >= 0.6 is 11.8 Å². The smallest absolute Gasteiger partial charge is 0.134 e. The summed E-state index contributed by atoms with van der Waals surface area (Å²) in [6.07, 6.45) is 2.22. The van der Waals surface area contributed by atoms with Gasteiger partial charge in [-0.3, -0.25) is 9.98 Å². The van der Waals surface area contributed by atoms with E-state index in [9.17, 15) is 15.3 Å². The molecule has 0 amide bonds. The molecule has 1 aromatic heterocycles. The van der Waals surface area contributed by atoms with Gasteiger partial charge in [-0.05, 0) is 17.7 Å². The van der Waals surface area contributed by atoms with Crippen molar-refractivity contribution in [1.29, 1.82) is 0 Å². The number of hydrogen-bond donors (Lipinski definition) is 5.